The van der Waals surface area contributed by atoms with Crippen molar-refractivity contribution in [2.45, 2.75) is 13.8 Å². The molecule has 7 nitrogen and oxygen atoms in total. The highest BCUT2D eigenvalue weighted by molar-refractivity contribution is 6.01. The molecule has 0 atom stereocenters. The minimum absolute atomic E-state index is 0.265. The highest BCUT2D eigenvalue weighted by Crippen LogP contribution is 2.31. The Labute approximate surface area is 185 Å². The van der Waals surface area contributed by atoms with Gasteiger partial charge in [0.05, 0.1) is 11.2 Å². The van der Waals surface area contributed by atoms with Gasteiger partial charge in [-0.2, -0.15) is 9.78 Å². The second-order valence-corrected chi connectivity index (χ2v) is 7.62. The molecule has 0 radical (unpaired) electrons. The van der Waals surface area contributed by atoms with Gasteiger partial charge in [0.15, 0.2) is 17.3 Å². The fourth-order valence-corrected chi connectivity index (χ4v) is 3.71. The zero-order chi connectivity index (χ0) is 22.1. The van der Waals surface area contributed by atoms with Crippen LogP contribution in [0.5, 0.6) is 11.5 Å². The van der Waals surface area contributed by atoms with Gasteiger partial charge in [0.2, 0.25) is 5.91 Å². The number of ether oxygens (including phenoxy) is 2. The minimum atomic E-state index is -0.265. The van der Waals surface area contributed by atoms with Crippen molar-refractivity contribution in [1.29, 1.82) is 0 Å². The van der Waals surface area contributed by atoms with Crippen LogP contribution in [0, 0.1) is 13.8 Å². The summed E-state index contributed by atoms with van der Waals surface area (Å²) in [6.45, 7) is 4.98. The van der Waals surface area contributed by atoms with Gasteiger partial charge in [-0.15, -0.1) is 0 Å². The van der Waals surface area contributed by atoms with Crippen LogP contribution in [0.2, 0.25) is 0 Å². The second-order valence-electron chi connectivity index (χ2n) is 7.62. The predicted molar refractivity (Wildman–Crippen MR) is 123 cm³/mol. The van der Waals surface area contributed by atoms with Crippen molar-refractivity contribution in [3.05, 3.63) is 77.5 Å². The molecule has 2 aromatic heterocycles. The van der Waals surface area contributed by atoms with Crippen LogP contribution < -0.4 is 14.8 Å². The first kappa shape index (κ1) is 19.8. The van der Waals surface area contributed by atoms with Gasteiger partial charge in [0.1, 0.15) is 19.0 Å². The number of anilines is 1. The molecule has 2 aromatic carbocycles. The summed E-state index contributed by atoms with van der Waals surface area (Å²) in [5.74, 6) is 2.35. The number of aromatic nitrogens is 3. The van der Waals surface area contributed by atoms with Crippen LogP contribution in [-0.2, 0) is 4.79 Å². The number of carbonyl (C=O) groups excluding carboxylic acids is 1. The van der Waals surface area contributed by atoms with Crippen LogP contribution in [0.1, 0.15) is 16.8 Å². The van der Waals surface area contributed by atoms with Crippen molar-refractivity contribution in [2.24, 2.45) is 0 Å². The van der Waals surface area contributed by atoms with E-state index in [2.05, 4.69) is 10.4 Å². The number of pyridine rings is 1. The van der Waals surface area contributed by atoms with Gasteiger partial charge in [-0.05, 0) is 55.3 Å². The first-order valence-electron chi connectivity index (χ1n) is 10.4. The van der Waals surface area contributed by atoms with Gasteiger partial charge < -0.3 is 14.8 Å². The number of amides is 1. The molecular formula is C25H22N4O3. The average Bonchev–Trinajstić information content (AvgIpc) is 3.17. The van der Waals surface area contributed by atoms with E-state index in [1.807, 2.05) is 68.4 Å². The normalized spacial score (nSPS) is 12.9. The molecule has 0 unspecified atom stereocenters. The largest absolute Gasteiger partial charge is 0.486 e. The van der Waals surface area contributed by atoms with Crippen LogP contribution in [0.25, 0.3) is 22.8 Å². The SMILES string of the molecule is Cc1cc(NC(=O)/C=C\c2ccc3c(c2)OCCO3)n(-c2cc(C)c3ccccc3n2)n1. The van der Waals surface area contributed by atoms with Gasteiger partial charge in [-0.3, -0.25) is 4.79 Å². The zero-order valence-electron chi connectivity index (χ0n) is 17.8. The summed E-state index contributed by atoms with van der Waals surface area (Å²) in [7, 11) is 0. The quantitative estimate of drug-likeness (QED) is 0.488. The number of rotatable bonds is 4. The third-order valence-electron chi connectivity index (χ3n) is 5.20. The molecule has 7 heteroatoms. The van der Waals surface area contributed by atoms with Gasteiger partial charge >= 0.3 is 0 Å². The van der Waals surface area contributed by atoms with E-state index in [0.717, 1.165) is 33.5 Å². The molecule has 0 spiro atoms. The number of nitrogens with one attached hydrogen (secondary N) is 1. The molecule has 0 saturated carbocycles. The summed E-state index contributed by atoms with van der Waals surface area (Å²) in [5.41, 5.74) is 3.60. The zero-order valence-corrected chi connectivity index (χ0v) is 17.8. The van der Waals surface area contributed by atoms with Crippen molar-refractivity contribution in [1.82, 2.24) is 14.8 Å². The van der Waals surface area contributed by atoms with Crippen molar-refractivity contribution in [3.8, 4) is 17.3 Å². The molecule has 3 heterocycles. The molecule has 0 aliphatic carbocycles. The van der Waals surface area contributed by atoms with Crippen molar-refractivity contribution < 1.29 is 14.3 Å². The fraction of sp³-hybridized carbons (Fsp3) is 0.160. The van der Waals surface area contributed by atoms with Crippen molar-refractivity contribution in [3.63, 3.8) is 0 Å². The highest BCUT2D eigenvalue weighted by atomic mass is 16.6. The Morgan fingerprint density at radius 3 is 2.72 bits per heavy atom. The Morgan fingerprint density at radius 2 is 1.84 bits per heavy atom. The molecule has 0 fully saturated rings. The number of carbonyl (C=O) groups is 1. The molecule has 1 aliphatic rings. The number of hydrogen-bond donors (Lipinski definition) is 1. The molecule has 32 heavy (non-hydrogen) atoms. The van der Waals surface area contributed by atoms with E-state index in [1.165, 1.54) is 6.08 Å². The average molecular weight is 426 g/mol. The lowest BCUT2D eigenvalue weighted by molar-refractivity contribution is -0.111. The molecule has 1 N–H and O–H groups in total. The maximum atomic E-state index is 12.6. The van der Waals surface area contributed by atoms with Gasteiger partial charge in [0, 0.05) is 17.5 Å². The topological polar surface area (TPSA) is 78.3 Å². The monoisotopic (exact) mass is 426 g/mol. The van der Waals surface area contributed by atoms with E-state index < -0.39 is 0 Å². The number of aryl methyl sites for hydroxylation is 2. The van der Waals surface area contributed by atoms with Crippen LogP contribution >= 0.6 is 0 Å². The fourth-order valence-electron chi connectivity index (χ4n) is 3.71. The van der Waals surface area contributed by atoms with Crippen LogP contribution in [-0.4, -0.2) is 33.9 Å². The summed E-state index contributed by atoms with van der Waals surface area (Å²) < 4.78 is 12.8. The summed E-state index contributed by atoms with van der Waals surface area (Å²) in [4.78, 5) is 17.4. The molecule has 5 rings (SSSR count). The Bertz CT molecular complexity index is 1360. The number of nitrogens with zero attached hydrogens (tertiary/aromatic N) is 3. The van der Waals surface area contributed by atoms with Crippen LogP contribution in [0.4, 0.5) is 5.82 Å². The number of benzene rings is 2. The molecule has 160 valence electrons. The summed E-state index contributed by atoms with van der Waals surface area (Å²) in [6.07, 6.45) is 3.22. The number of fused-ring (bicyclic) bond motifs is 2. The van der Waals surface area contributed by atoms with Crippen LogP contribution in [0.3, 0.4) is 0 Å². The maximum Gasteiger partial charge on any atom is 0.249 e. The van der Waals surface area contributed by atoms with Crippen molar-refractivity contribution >= 4 is 28.7 Å². The van der Waals surface area contributed by atoms with Gasteiger partial charge in [0.25, 0.3) is 0 Å². The van der Waals surface area contributed by atoms with E-state index in [0.29, 0.717) is 30.6 Å². The van der Waals surface area contributed by atoms with E-state index in [9.17, 15) is 4.79 Å². The molecular weight excluding hydrogens is 404 g/mol. The molecule has 0 bridgehead atoms. The first-order chi connectivity index (χ1) is 15.6. The smallest absolute Gasteiger partial charge is 0.249 e. The van der Waals surface area contributed by atoms with Crippen LogP contribution in [0.15, 0.2) is 60.7 Å². The van der Waals surface area contributed by atoms with Gasteiger partial charge in [-0.25, -0.2) is 4.98 Å². The standard InChI is InChI=1S/C25H22N4O3/c1-16-13-23(26-20-6-4-3-5-19(16)20)29-24(14-17(2)28-29)27-25(30)10-8-18-7-9-21-22(15-18)32-12-11-31-21/h3-10,13-15H,11-12H2,1-2H3,(H,27,30)/b10-8-. The Morgan fingerprint density at radius 1 is 1.03 bits per heavy atom. The predicted octanol–water partition coefficient (Wildman–Crippen LogP) is 4.46. The van der Waals surface area contributed by atoms with E-state index in [-0.39, 0.29) is 5.91 Å². The summed E-state index contributed by atoms with van der Waals surface area (Å²) in [5, 5.41) is 8.53. The molecule has 4 aromatic rings. The van der Waals surface area contributed by atoms with E-state index in [4.69, 9.17) is 14.5 Å². The first-order valence-corrected chi connectivity index (χ1v) is 10.4. The molecule has 0 saturated heterocycles. The lowest BCUT2D eigenvalue weighted by atomic mass is 10.1. The third-order valence-corrected chi connectivity index (χ3v) is 5.20. The summed E-state index contributed by atoms with van der Waals surface area (Å²) >= 11 is 0. The Hall–Kier alpha value is -4.13. The van der Waals surface area contributed by atoms with Crippen molar-refractivity contribution in [2.75, 3.05) is 18.5 Å². The third kappa shape index (κ3) is 3.92. The summed E-state index contributed by atoms with van der Waals surface area (Å²) in [6, 6.07) is 17.3. The lowest BCUT2D eigenvalue weighted by Gasteiger charge is -2.18. The highest BCUT2D eigenvalue weighted by Gasteiger charge is 2.13. The minimum Gasteiger partial charge on any atom is -0.486 e. The molecule has 1 aliphatic heterocycles. The van der Waals surface area contributed by atoms with E-state index in [1.54, 1.807) is 10.8 Å². The Balaban J connectivity index is 1.39. The van der Waals surface area contributed by atoms with Gasteiger partial charge in [-0.1, -0.05) is 24.3 Å². The Kier molecular flexibility index (Phi) is 5.07. The second kappa shape index (κ2) is 8.19. The maximum absolute atomic E-state index is 12.6. The lowest BCUT2D eigenvalue weighted by Crippen LogP contribution is -2.15. The number of hydrogen-bond acceptors (Lipinski definition) is 5. The number of para-hydroxylation sites is 1. The molecule has 1 amide bonds. The van der Waals surface area contributed by atoms with E-state index >= 15 is 0 Å².